The summed E-state index contributed by atoms with van der Waals surface area (Å²) < 4.78 is 16.6. The highest BCUT2D eigenvalue weighted by Crippen LogP contribution is 2.40. The molecule has 2 saturated heterocycles. The Bertz CT molecular complexity index is 836. The highest BCUT2D eigenvalue weighted by Gasteiger charge is 2.43. The molecule has 2 unspecified atom stereocenters. The van der Waals surface area contributed by atoms with Gasteiger partial charge in [0.1, 0.15) is 11.5 Å². The Morgan fingerprint density at radius 2 is 2.07 bits per heavy atom. The van der Waals surface area contributed by atoms with Crippen molar-refractivity contribution in [3.63, 3.8) is 0 Å². The lowest BCUT2D eigenvalue weighted by Gasteiger charge is -2.36. The number of aryl methyl sites for hydroxylation is 2. The third-order valence-electron chi connectivity index (χ3n) is 5.97. The SMILES string of the molecule is Cc1noc(C)c1CN1CCOC2CN(C(=O)c3cc(C4CC4)on3)CC21. The van der Waals surface area contributed by atoms with Gasteiger partial charge in [-0.2, -0.15) is 0 Å². The molecular formula is C19H24N4O4. The van der Waals surface area contributed by atoms with E-state index in [1.165, 1.54) is 0 Å². The number of hydrogen-bond donors (Lipinski definition) is 0. The van der Waals surface area contributed by atoms with Crippen LogP contribution >= 0.6 is 0 Å². The van der Waals surface area contributed by atoms with E-state index >= 15 is 0 Å². The molecule has 0 spiro atoms. The van der Waals surface area contributed by atoms with Gasteiger partial charge in [0.25, 0.3) is 5.91 Å². The van der Waals surface area contributed by atoms with Crippen LogP contribution in [-0.4, -0.2) is 64.4 Å². The first-order chi connectivity index (χ1) is 13.1. The van der Waals surface area contributed by atoms with Gasteiger partial charge in [0.05, 0.1) is 24.4 Å². The van der Waals surface area contributed by atoms with Crippen molar-refractivity contribution in [3.05, 3.63) is 34.5 Å². The minimum atomic E-state index is -0.0686. The Morgan fingerprint density at radius 3 is 2.81 bits per heavy atom. The van der Waals surface area contributed by atoms with Gasteiger partial charge in [-0.1, -0.05) is 10.3 Å². The predicted octanol–water partition coefficient (Wildman–Crippen LogP) is 1.88. The van der Waals surface area contributed by atoms with E-state index in [4.69, 9.17) is 13.8 Å². The predicted molar refractivity (Wildman–Crippen MR) is 94.3 cm³/mol. The molecule has 2 aliphatic heterocycles. The smallest absolute Gasteiger partial charge is 0.276 e. The zero-order valence-electron chi connectivity index (χ0n) is 15.7. The second kappa shape index (κ2) is 6.45. The third kappa shape index (κ3) is 3.06. The molecule has 3 aliphatic rings. The number of aromatic nitrogens is 2. The van der Waals surface area contributed by atoms with E-state index < -0.39 is 0 Å². The number of carbonyl (C=O) groups excluding carboxylic acids is 1. The van der Waals surface area contributed by atoms with Gasteiger partial charge in [0.15, 0.2) is 5.69 Å². The maximum Gasteiger partial charge on any atom is 0.276 e. The molecular weight excluding hydrogens is 348 g/mol. The molecule has 5 rings (SSSR count). The zero-order chi connectivity index (χ0) is 18.5. The zero-order valence-corrected chi connectivity index (χ0v) is 15.7. The number of ether oxygens (including phenoxy) is 1. The molecule has 2 atom stereocenters. The number of amides is 1. The van der Waals surface area contributed by atoms with Gasteiger partial charge in [-0.3, -0.25) is 9.69 Å². The van der Waals surface area contributed by atoms with Gasteiger partial charge in [-0.05, 0) is 26.7 Å². The van der Waals surface area contributed by atoms with Crippen molar-refractivity contribution in [3.8, 4) is 0 Å². The Labute approximate surface area is 157 Å². The molecule has 2 aromatic heterocycles. The minimum Gasteiger partial charge on any atom is -0.373 e. The molecule has 1 saturated carbocycles. The van der Waals surface area contributed by atoms with E-state index in [0.29, 0.717) is 31.3 Å². The standard InChI is InChI=1S/C19H24N4O4/c1-11-14(12(2)26-20-11)8-22-5-6-25-18-10-23(9-16(18)22)19(24)15-7-17(27-21-15)13-3-4-13/h7,13,16,18H,3-6,8-10H2,1-2H3. The van der Waals surface area contributed by atoms with Crippen molar-refractivity contribution < 1.29 is 18.6 Å². The monoisotopic (exact) mass is 372 g/mol. The molecule has 0 aromatic carbocycles. The van der Waals surface area contributed by atoms with Crippen LogP contribution in [0.2, 0.25) is 0 Å². The van der Waals surface area contributed by atoms with E-state index in [1.54, 1.807) is 0 Å². The number of morpholine rings is 1. The number of likely N-dealkylation sites (tertiary alicyclic amines) is 1. The van der Waals surface area contributed by atoms with Crippen LogP contribution in [0.25, 0.3) is 0 Å². The molecule has 8 nitrogen and oxygen atoms in total. The molecule has 1 amide bonds. The van der Waals surface area contributed by atoms with Gasteiger partial charge in [-0.25, -0.2) is 0 Å². The van der Waals surface area contributed by atoms with Crippen LogP contribution in [0.4, 0.5) is 0 Å². The summed E-state index contributed by atoms with van der Waals surface area (Å²) in [5.41, 5.74) is 2.47. The van der Waals surface area contributed by atoms with Gasteiger partial charge >= 0.3 is 0 Å². The number of hydrogen-bond acceptors (Lipinski definition) is 7. The summed E-state index contributed by atoms with van der Waals surface area (Å²) in [5.74, 6) is 2.08. The number of fused-ring (bicyclic) bond motifs is 1. The van der Waals surface area contributed by atoms with Crippen molar-refractivity contribution in [2.24, 2.45) is 0 Å². The second-order valence-electron chi connectivity index (χ2n) is 7.85. The quantitative estimate of drug-likeness (QED) is 0.810. The summed E-state index contributed by atoms with van der Waals surface area (Å²) >= 11 is 0. The lowest BCUT2D eigenvalue weighted by molar-refractivity contribution is -0.0505. The van der Waals surface area contributed by atoms with Crippen molar-refractivity contribution in [2.45, 2.75) is 51.3 Å². The van der Waals surface area contributed by atoms with E-state index in [1.807, 2.05) is 24.8 Å². The van der Waals surface area contributed by atoms with Crippen LogP contribution in [0.1, 0.15) is 52.0 Å². The van der Waals surface area contributed by atoms with Crippen molar-refractivity contribution in [2.75, 3.05) is 26.2 Å². The van der Waals surface area contributed by atoms with E-state index in [-0.39, 0.29) is 18.1 Å². The molecule has 0 N–H and O–H groups in total. The van der Waals surface area contributed by atoms with Crippen LogP contribution in [-0.2, 0) is 11.3 Å². The molecule has 0 bridgehead atoms. The van der Waals surface area contributed by atoms with E-state index in [0.717, 1.165) is 48.7 Å². The Morgan fingerprint density at radius 1 is 1.22 bits per heavy atom. The topological polar surface area (TPSA) is 84.8 Å². The van der Waals surface area contributed by atoms with Gasteiger partial charge in [0.2, 0.25) is 0 Å². The van der Waals surface area contributed by atoms with Crippen molar-refractivity contribution in [1.82, 2.24) is 20.1 Å². The first-order valence-electron chi connectivity index (χ1n) is 9.63. The summed E-state index contributed by atoms with van der Waals surface area (Å²) in [6.45, 7) is 7.41. The van der Waals surface area contributed by atoms with Crippen LogP contribution in [0.5, 0.6) is 0 Å². The average Bonchev–Trinajstić information content (AvgIpc) is 3.11. The summed E-state index contributed by atoms with van der Waals surface area (Å²) in [7, 11) is 0. The fraction of sp³-hybridized carbons (Fsp3) is 0.632. The van der Waals surface area contributed by atoms with Gasteiger partial charge in [0, 0.05) is 43.7 Å². The normalized spacial score (nSPS) is 25.8. The number of nitrogens with zero attached hydrogens (tertiary/aromatic N) is 4. The summed E-state index contributed by atoms with van der Waals surface area (Å²) in [6.07, 6.45) is 2.28. The molecule has 27 heavy (non-hydrogen) atoms. The molecule has 0 radical (unpaired) electrons. The molecule has 2 aromatic rings. The molecule has 4 heterocycles. The van der Waals surface area contributed by atoms with Crippen LogP contribution in [0, 0.1) is 13.8 Å². The lowest BCUT2D eigenvalue weighted by Crippen LogP contribution is -2.50. The molecule has 1 aliphatic carbocycles. The Kier molecular flexibility index (Phi) is 4.05. The average molecular weight is 372 g/mol. The summed E-state index contributed by atoms with van der Waals surface area (Å²) in [4.78, 5) is 17.1. The van der Waals surface area contributed by atoms with Gasteiger partial charge in [-0.15, -0.1) is 0 Å². The minimum absolute atomic E-state index is 0.0259. The van der Waals surface area contributed by atoms with Crippen LogP contribution in [0.15, 0.2) is 15.1 Å². The van der Waals surface area contributed by atoms with Crippen molar-refractivity contribution >= 4 is 5.91 Å². The molecule has 144 valence electrons. The number of rotatable bonds is 4. The number of carbonyl (C=O) groups is 1. The van der Waals surface area contributed by atoms with Crippen LogP contribution < -0.4 is 0 Å². The van der Waals surface area contributed by atoms with Crippen LogP contribution in [0.3, 0.4) is 0 Å². The first-order valence-corrected chi connectivity index (χ1v) is 9.63. The van der Waals surface area contributed by atoms with Gasteiger partial charge < -0.3 is 18.7 Å². The third-order valence-corrected chi connectivity index (χ3v) is 5.97. The lowest BCUT2D eigenvalue weighted by atomic mass is 10.1. The molecule has 8 heteroatoms. The fourth-order valence-corrected chi connectivity index (χ4v) is 4.16. The largest absolute Gasteiger partial charge is 0.373 e. The fourth-order valence-electron chi connectivity index (χ4n) is 4.16. The van der Waals surface area contributed by atoms with E-state index in [9.17, 15) is 4.79 Å². The highest BCUT2D eigenvalue weighted by atomic mass is 16.5. The highest BCUT2D eigenvalue weighted by molar-refractivity contribution is 5.92. The Balaban J connectivity index is 1.30. The van der Waals surface area contributed by atoms with Crippen molar-refractivity contribution in [1.29, 1.82) is 0 Å². The summed E-state index contributed by atoms with van der Waals surface area (Å²) in [5, 5.41) is 8.06. The summed E-state index contributed by atoms with van der Waals surface area (Å²) in [6, 6.07) is 1.98. The molecule has 3 fully saturated rings. The maximum absolute atomic E-state index is 12.9. The van der Waals surface area contributed by atoms with E-state index in [2.05, 4.69) is 15.2 Å². The Hall–Kier alpha value is -2.19. The second-order valence-corrected chi connectivity index (χ2v) is 7.85. The maximum atomic E-state index is 12.9. The first kappa shape index (κ1) is 16.9.